The largest absolute Gasteiger partial charge is 0.458 e. The number of aldehydes is 1. The van der Waals surface area contributed by atoms with Crippen molar-refractivity contribution in [1.29, 1.82) is 0 Å². The third-order valence-electron chi connectivity index (χ3n) is 3.08. The molecular formula is C14H13N3O5. The van der Waals surface area contributed by atoms with Gasteiger partial charge in [0.1, 0.15) is 19.3 Å². The van der Waals surface area contributed by atoms with Gasteiger partial charge < -0.3 is 14.9 Å². The fourth-order valence-corrected chi connectivity index (χ4v) is 1.97. The number of aryl methyl sites for hydroxylation is 1. The molecule has 1 aromatic carbocycles. The minimum atomic E-state index is -0.650. The monoisotopic (exact) mass is 303 g/mol. The van der Waals surface area contributed by atoms with Crippen LogP contribution < -0.4 is 0 Å². The van der Waals surface area contributed by atoms with Gasteiger partial charge in [-0.15, -0.1) is 0 Å². The second-order valence-electron chi connectivity index (χ2n) is 4.41. The summed E-state index contributed by atoms with van der Waals surface area (Å²) in [5.74, 6) is -0.360. The number of hydrogen-bond donors (Lipinski definition) is 0. The van der Waals surface area contributed by atoms with Crippen LogP contribution in [0.25, 0.3) is 0 Å². The van der Waals surface area contributed by atoms with Crippen molar-refractivity contribution in [3.8, 4) is 0 Å². The van der Waals surface area contributed by atoms with Crippen molar-refractivity contribution in [2.75, 3.05) is 6.61 Å². The molecule has 2 aromatic rings. The first-order valence-electron chi connectivity index (χ1n) is 6.42. The lowest BCUT2D eigenvalue weighted by Gasteiger charge is -2.06. The summed E-state index contributed by atoms with van der Waals surface area (Å²) in [4.78, 5) is 36.9. The zero-order valence-corrected chi connectivity index (χ0v) is 11.8. The molecule has 0 fully saturated rings. The lowest BCUT2D eigenvalue weighted by molar-refractivity contribution is -0.392. The number of rotatable bonds is 6. The summed E-state index contributed by atoms with van der Waals surface area (Å²) < 4.78 is 6.41. The van der Waals surface area contributed by atoms with Crippen molar-refractivity contribution >= 4 is 18.1 Å². The molecule has 0 bridgehead atoms. The molecule has 8 heteroatoms. The molecule has 0 spiro atoms. The Morgan fingerprint density at radius 2 is 2.18 bits per heavy atom. The van der Waals surface area contributed by atoms with E-state index in [0.717, 1.165) is 6.20 Å². The van der Waals surface area contributed by atoms with E-state index in [9.17, 15) is 19.7 Å². The van der Waals surface area contributed by atoms with E-state index in [1.807, 2.05) is 0 Å². The van der Waals surface area contributed by atoms with Crippen molar-refractivity contribution in [3.63, 3.8) is 0 Å². The molecule has 0 N–H and O–H groups in total. The first-order valence-corrected chi connectivity index (χ1v) is 6.42. The van der Waals surface area contributed by atoms with Crippen LogP contribution in [0.4, 0.5) is 5.82 Å². The van der Waals surface area contributed by atoms with Gasteiger partial charge in [-0.05, 0) is 11.0 Å². The number of carbonyl (C=O) groups excluding carboxylic acids is 2. The average Bonchev–Trinajstić information content (AvgIpc) is 2.88. The summed E-state index contributed by atoms with van der Waals surface area (Å²) >= 11 is 0. The molecule has 8 nitrogen and oxygen atoms in total. The molecule has 1 aromatic heterocycles. The van der Waals surface area contributed by atoms with E-state index < -0.39 is 10.9 Å². The molecule has 2 rings (SSSR count). The molecule has 114 valence electrons. The zero-order valence-electron chi connectivity index (χ0n) is 11.8. The maximum Gasteiger partial charge on any atom is 0.342 e. The molecular weight excluding hydrogens is 290 g/mol. The average molecular weight is 303 g/mol. The number of benzene rings is 1. The van der Waals surface area contributed by atoms with Crippen molar-refractivity contribution in [2.24, 2.45) is 0 Å². The van der Waals surface area contributed by atoms with Crippen LogP contribution in [0.2, 0.25) is 0 Å². The van der Waals surface area contributed by atoms with E-state index >= 15 is 0 Å². The molecule has 0 unspecified atom stereocenters. The first kappa shape index (κ1) is 15.4. The SMILES string of the molecule is Cc1ncc([N+](=O)[O-])n1CCOC(=O)c1ccccc1C=O. The van der Waals surface area contributed by atoms with Crippen LogP contribution >= 0.6 is 0 Å². The summed E-state index contributed by atoms with van der Waals surface area (Å²) in [6.07, 6.45) is 1.72. The van der Waals surface area contributed by atoms with E-state index in [4.69, 9.17) is 4.74 Å². The second-order valence-corrected chi connectivity index (χ2v) is 4.41. The zero-order chi connectivity index (χ0) is 16.1. The normalized spacial score (nSPS) is 10.2. The molecule has 0 aliphatic heterocycles. The third kappa shape index (κ3) is 3.17. The van der Waals surface area contributed by atoms with Gasteiger partial charge in [-0.25, -0.2) is 14.3 Å². The molecule has 22 heavy (non-hydrogen) atoms. The fourth-order valence-electron chi connectivity index (χ4n) is 1.97. The van der Waals surface area contributed by atoms with Crippen molar-refractivity contribution < 1.29 is 19.2 Å². The molecule has 0 aliphatic carbocycles. The van der Waals surface area contributed by atoms with Gasteiger partial charge in [0, 0.05) is 12.5 Å². The van der Waals surface area contributed by atoms with Gasteiger partial charge in [0.25, 0.3) is 0 Å². The van der Waals surface area contributed by atoms with Crippen LogP contribution in [0.3, 0.4) is 0 Å². The minimum Gasteiger partial charge on any atom is -0.458 e. The van der Waals surface area contributed by atoms with Gasteiger partial charge in [0.05, 0.1) is 5.56 Å². The summed E-state index contributed by atoms with van der Waals surface area (Å²) in [6, 6.07) is 6.25. The Balaban J connectivity index is 2.02. The van der Waals surface area contributed by atoms with Crippen molar-refractivity contribution in [1.82, 2.24) is 9.55 Å². The van der Waals surface area contributed by atoms with Gasteiger partial charge in [-0.3, -0.25) is 4.79 Å². The van der Waals surface area contributed by atoms with Crippen LogP contribution in [0.5, 0.6) is 0 Å². The Morgan fingerprint density at radius 1 is 1.45 bits per heavy atom. The predicted molar refractivity (Wildman–Crippen MR) is 75.7 cm³/mol. The summed E-state index contributed by atoms with van der Waals surface area (Å²) in [5.41, 5.74) is 0.395. The lowest BCUT2D eigenvalue weighted by Crippen LogP contribution is -2.14. The Morgan fingerprint density at radius 3 is 2.86 bits per heavy atom. The minimum absolute atomic E-state index is 0.0654. The van der Waals surface area contributed by atoms with Crippen LogP contribution in [-0.4, -0.2) is 33.3 Å². The highest BCUT2D eigenvalue weighted by molar-refractivity contribution is 5.98. The number of nitrogens with zero attached hydrogens (tertiary/aromatic N) is 3. The van der Waals surface area contributed by atoms with Gasteiger partial charge in [-0.2, -0.15) is 0 Å². The van der Waals surface area contributed by atoms with Gasteiger partial charge in [0.15, 0.2) is 12.1 Å². The summed E-state index contributed by atoms with van der Waals surface area (Å²) in [6.45, 7) is 1.66. The van der Waals surface area contributed by atoms with E-state index in [0.29, 0.717) is 12.1 Å². The van der Waals surface area contributed by atoms with Crippen LogP contribution in [0, 0.1) is 17.0 Å². The van der Waals surface area contributed by atoms with Crippen molar-refractivity contribution in [3.05, 3.63) is 57.5 Å². The number of aromatic nitrogens is 2. The van der Waals surface area contributed by atoms with Crippen molar-refractivity contribution in [2.45, 2.75) is 13.5 Å². The Kier molecular flexibility index (Phi) is 4.62. The highest BCUT2D eigenvalue weighted by Gasteiger charge is 2.18. The van der Waals surface area contributed by atoms with E-state index in [1.165, 1.54) is 16.7 Å². The van der Waals surface area contributed by atoms with E-state index in [-0.39, 0.29) is 30.1 Å². The van der Waals surface area contributed by atoms with Gasteiger partial charge in [-0.1, -0.05) is 18.2 Å². The highest BCUT2D eigenvalue weighted by Crippen LogP contribution is 2.13. The van der Waals surface area contributed by atoms with Crippen LogP contribution in [-0.2, 0) is 11.3 Å². The lowest BCUT2D eigenvalue weighted by atomic mass is 10.1. The number of hydrogen-bond acceptors (Lipinski definition) is 6. The molecule has 0 radical (unpaired) electrons. The number of nitro groups is 1. The van der Waals surface area contributed by atoms with Gasteiger partial charge in [0.2, 0.25) is 0 Å². The van der Waals surface area contributed by atoms with Gasteiger partial charge >= 0.3 is 11.8 Å². The second kappa shape index (κ2) is 6.61. The maximum atomic E-state index is 11.9. The Bertz CT molecular complexity index is 723. The fraction of sp³-hybridized carbons (Fsp3) is 0.214. The molecule has 1 heterocycles. The smallest absolute Gasteiger partial charge is 0.342 e. The molecule has 0 atom stereocenters. The Hall–Kier alpha value is -3.03. The number of esters is 1. The van der Waals surface area contributed by atoms with Crippen LogP contribution in [0.1, 0.15) is 26.5 Å². The number of imidazole rings is 1. The molecule has 0 saturated carbocycles. The molecule has 0 aliphatic rings. The Labute approximate surface area is 125 Å². The van der Waals surface area contributed by atoms with E-state index in [2.05, 4.69) is 4.98 Å². The molecule has 0 saturated heterocycles. The standard InChI is InChI=1S/C14H13N3O5/c1-10-15-8-13(17(20)21)16(10)6-7-22-14(19)12-5-3-2-4-11(12)9-18/h2-5,8-9H,6-7H2,1H3. The third-order valence-corrected chi connectivity index (χ3v) is 3.08. The highest BCUT2D eigenvalue weighted by atomic mass is 16.6. The topological polar surface area (TPSA) is 104 Å². The number of ether oxygens (including phenoxy) is 1. The van der Waals surface area contributed by atoms with E-state index in [1.54, 1.807) is 19.1 Å². The maximum absolute atomic E-state index is 11.9. The van der Waals surface area contributed by atoms with Crippen LogP contribution in [0.15, 0.2) is 30.5 Å². The molecule has 0 amide bonds. The summed E-state index contributed by atoms with van der Waals surface area (Å²) in [5, 5.41) is 10.8. The number of carbonyl (C=O) groups is 2. The quantitative estimate of drug-likeness (QED) is 0.348. The summed E-state index contributed by atoms with van der Waals surface area (Å²) in [7, 11) is 0. The first-order chi connectivity index (χ1) is 10.5. The predicted octanol–water partition coefficient (Wildman–Crippen LogP) is 1.77.